The summed E-state index contributed by atoms with van der Waals surface area (Å²) in [7, 11) is 0. The molecule has 0 saturated heterocycles. The Morgan fingerprint density at radius 1 is 1.33 bits per heavy atom. The van der Waals surface area contributed by atoms with Crippen molar-refractivity contribution in [3.63, 3.8) is 0 Å². The van der Waals surface area contributed by atoms with Gasteiger partial charge in [-0.15, -0.1) is 0 Å². The number of benzene rings is 1. The molecule has 0 atom stereocenters. The van der Waals surface area contributed by atoms with E-state index in [2.05, 4.69) is 25.9 Å². The van der Waals surface area contributed by atoms with Crippen LogP contribution in [0.15, 0.2) is 22.7 Å². The molecule has 7 heteroatoms. The molecule has 1 aromatic carbocycles. The van der Waals surface area contributed by atoms with Crippen LogP contribution in [0.3, 0.4) is 0 Å². The summed E-state index contributed by atoms with van der Waals surface area (Å²) in [5.74, 6) is -0.0671. The van der Waals surface area contributed by atoms with Crippen LogP contribution in [0.5, 0.6) is 11.6 Å². The van der Waals surface area contributed by atoms with Crippen molar-refractivity contribution in [2.45, 2.75) is 6.92 Å². The monoisotopic (exact) mass is 331 g/mol. The molecule has 18 heavy (non-hydrogen) atoms. The van der Waals surface area contributed by atoms with Gasteiger partial charge in [0.05, 0.1) is 5.69 Å². The third-order valence-electron chi connectivity index (χ3n) is 2.12. The van der Waals surface area contributed by atoms with E-state index < -0.39 is 5.82 Å². The third kappa shape index (κ3) is 2.88. The molecule has 94 valence electrons. The van der Waals surface area contributed by atoms with Crippen LogP contribution in [0.4, 0.5) is 10.1 Å². The number of anilines is 1. The average Bonchev–Trinajstić information content (AvgIpc) is 2.23. The van der Waals surface area contributed by atoms with Crippen LogP contribution in [-0.2, 0) is 0 Å². The molecule has 4 nitrogen and oxygen atoms in total. The molecule has 1 heterocycles. The van der Waals surface area contributed by atoms with Gasteiger partial charge in [0.1, 0.15) is 17.3 Å². The van der Waals surface area contributed by atoms with Crippen LogP contribution in [0.25, 0.3) is 0 Å². The van der Waals surface area contributed by atoms with E-state index >= 15 is 0 Å². The Morgan fingerprint density at radius 2 is 2.06 bits per heavy atom. The largest absolute Gasteiger partial charge is 0.437 e. The van der Waals surface area contributed by atoms with E-state index in [1.54, 1.807) is 13.0 Å². The smallest absolute Gasteiger partial charge is 0.247 e. The SMILES string of the molecule is Cc1nc(Cl)nc(Oc2cc(F)cc(Br)c2)c1N. The van der Waals surface area contributed by atoms with E-state index in [-0.39, 0.29) is 22.6 Å². The first-order valence-electron chi connectivity index (χ1n) is 4.89. The van der Waals surface area contributed by atoms with Crippen LogP contribution in [0.2, 0.25) is 5.28 Å². The Labute approximate surface area is 116 Å². The maximum atomic E-state index is 13.2. The highest BCUT2D eigenvalue weighted by Crippen LogP contribution is 2.30. The Bertz CT molecular complexity index is 589. The van der Waals surface area contributed by atoms with Crippen molar-refractivity contribution in [3.05, 3.63) is 39.5 Å². The number of hydrogen-bond acceptors (Lipinski definition) is 4. The Morgan fingerprint density at radius 3 is 2.72 bits per heavy atom. The molecule has 0 bridgehead atoms. The number of nitrogen functional groups attached to an aromatic ring is 1. The summed E-state index contributed by atoms with van der Waals surface area (Å²) in [6.45, 7) is 1.68. The van der Waals surface area contributed by atoms with Gasteiger partial charge in [-0.3, -0.25) is 0 Å². The predicted octanol–water partition coefficient (Wildman–Crippen LogP) is 3.71. The van der Waals surface area contributed by atoms with Gasteiger partial charge >= 0.3 is 0 Å². The second-order valence-corrected chi connectivity index (χ2v) is 4.76. The number of rotatable bonds is 2. The molecule has 0 spiro atoms. The summed E-state index contributed by atoms with van der Waals surface area (Å²) in [5, 5.41) is 0.0205. The molecule has 0 unspecified atom stereocenters. The summed E-state index contributed by atoms with van der Waals surface area (Å²) < 4.78 is 19.1. The van der Waals surface area contributed by atoms with Crippen LogP contribution in [0.1, 0.15) is 5.69 Å². The highest BCUT2D eigenvalue weighted by molar-refractivity contribution is 9.10. The topological polar surface area (TPSA) is 61.0 Å². The average molecular weight is 333 g/mol. The van der Waals surface area contributed by atoms with E-state index in [0.717, 1.165) is 0 Å². The molecule has 2 N–H and O–H groups in total. The van der Waals surface area contributed by atoms with Gasteiger partial charge in [0.15, 0.2) is 0 Å². The molecule has 0 aliphatic rings. The normalized spacial score (nSPS) is 10.4. The van der Waals surface area contributed by atoms with Gasteiger partial charge in [0, 0.05) is 10.5 Å². The first-order chi connectivity index (χ1) is 8.45. The van der Waals surface area contributed by atoms with Crippen LogP contribution < -0.4 is 10.5 Å². The van der Waals surface area contributed by atoms with E-state index in [0.29, 0.717) is 10.2 Å². The quantitative estimate of drug-likeness (QED) is 0.852. The van der Waals surface area contributed by atoms with Gasteiger partial charge in [-0.1, -0.05) is 15.9 Å². The van der Waals surface area contributed by atoms with Crippen molar-refractivity contribution >= 4 is 33.2 Å². The lowest BCUT2D eigenvalue weighted by atomic mass is 10.3. The van der Waals surface area contributed by atoms with E-state index in [9.17, 15) is 4.39 Å². The Kier molecular flexibility index (Phi) is 3.68. The van der Waals surface area contributed by atoms with Gasteiger partial charge in [0.25, 0.3) is 0 Å². The molecule has 0 radical (unpaired) electrons. The molecule has 0 fully saturated rings. The lowest BCUT2D eigenvalue weighted by molar-refractivity contribution is 0.458. The molecule has 2 rings (SSSR count). The third-order valence-corrected chi connectivity index (χ3v) is 2.75. The molecule has 1 aromatic heterocycles. The predicted molar refractivity (Wildman–Crippen MR) is 70.4 cm³/mol. The number of nitrogens with zero attached hydrogens (tertiary/aromatic N) is 2. The second kappa shape index (κ2) is 5.07. The fraction of sp³-hybridized carbons (Fsp3) is 0.0909. The highest BCUT2D eigenvalue weighted by Gasteiger charge is 2.11. The minimum absolute atomic E-state index is 0.0205. The maximum absolute atomic E-state index is 13.2. The van der Waals surface area contributed by atoms with E-state index in [1.165, 1.54) is 12.1 Å². The van der Waals surface area contributed by atoms with Gasteiger partial charge in [-0.05, 0) is 30.7 Å². The first-order valence-corrected chi connectivity index (χ1v) is 6.06. The zero-order chi connectivity index (χ0) is 13.3. The summed E-state index contributed by atoms with van der Waals surface area (Å²) in [6, 6.07) is 4.12. The van der Waals surface area contributed by atoms with Crippen molar-refractivity contribution in [1.29, 1.82) is 0 Å². The lowest BCUT2D eigenvalue weighted by Gasteiger charge is -2.09. The minimum atomic E-state index is -0.435. The van der Waals surface area contributed by atoms with Crippen molar-refractivity contribution < 1.29 is 9.13 Å². The van der Waals surface area contributed by atoms with Crippen molar-refractivity contribution in [2.75, 3.05) is 5.73 Å². The second-order valence-electron chi connectivity index (χ2n) is 3.50. The molecular formula is C11H8BrClFN3O. The first kappa shape index (κ1) is 13.0. The minimum Gasteiger partial charge on any atom is -0.437 e. The molecule has 2 aromatic rings. The molecule has 0 aliphatic carbocycles. The highest BCUT2D eigenvalue weighted by atomic mass is 79.9. The Balaban J connectivity index is 2.39. The van der Waals surface area contributed by atoms with Crippen molar-refractivity contribution in [2.24, 2.45) is 0 Å². The fourth-order valence-electron chi connectivity index (χ4n) is 1.30. The van der Waals surface area contributed by atoms with Crippen molar-refractivity contribution in [3.8, 4) is 11.6 Å². The van der Waals surface area contributed by atoms with Crippen LogP contribution in [0, 0.1) is 12.7 Å². The summed E-state index contributed by atoms with van der Waals surface area (Å²) in [5.41, 5.74) is 6.53. The van der Waals surface area contributed by atoms with Crippen molar-refractivity contribution in [1.82, 2.24) is 9.97 Å². The van der Waals surface area contributed by atoms with Gasteiger partial charge in [0.2, 0.25) is 11.2 Å². The van der Waals surface area contributed by atoms with E-state index in [4.69, 9.17) is 22.1 Å². The van der Waals surface area contributed by atoms with Gasteiger partial charge < -0.3 is 10.5 Å². The number of aromatic nitrogens is 2. The molecule has 0 amide bonds. The lowest BCUT2D eigenvalue weighted by Crippen LogP contribution is -2.01. The summed E-state index contributed by atoms with van der Waals surface area (Å²) >= 11 is 8.87. The maximum Gasteiger partial charge on any atom is 0.247 e. The number of aryl methyl sites for hydroxylation is 1. The number of halogens is 3. The Hall–Kier alpha value is -1.40. The summed E-state index contributed by atoms with van der Waals surface area (Å²) in [4.78, 5) is 7.73. The zero-order valence-electron chi connectivity index (χ0n) is 9.25. The van der Waals surface area contributed by atoms with Crippen LogP contribution in [-0.4, -0.2) is 9.97 Å². The number of nitrogens with two attached hydrogens (primary N) is 1. The van der Waals surface area contributed by atoms with Crippen LogP contribution >= 0.6 is 27.5 Å². The zero-order valence-corrected chi connectivity index (χ0v) is 11.6. The molecular weight excluding hydrogens is 324 g/mol. The standard InChI is InChI=1S/C11H8BrClFN3O/c1-5-9(15)10(17-11(13)16-5)18-8-3-6(12)2-7(14)4-8/h2-4H,15H2,1H3. The van der Waals surface area contributed by atoms with E-state index in [1.807, 2.05) is 0 Å². The molecule has 0 aliphatic heterocycles. The van der Waals surface area contributed by atoms with Gasteiger partial charge in [-0.25, -0.2) is 9.37 Å². The number of ether oxygens (including phenoxy) is 1. The fourth-order valence-corrected chi connectivity index (χ4v) is 1.95. The number of hydrogen-bond donors (Lipinski definition) is 1. The van der Waals surface area contributed by atoms with Gasteiger partial charge in [-0.2, -0.15) is 4.98 Å². The molecule has 0 saturated carbocycles. The summed E-state index contributed by atoms with van der Waals surface area (Å²) in [6.07, 6.45) is 0.